The molecule has 4 nitrogen and oxygen atoms in total. The Morgan fingerprint density at radius 1 is 1.25 bits per heavy atom. The van der Waals surface area contributed by atoms with Gasteiger partial charge in [-0.05, 0) is 28.7 Å². The molecule has 0 radical (unpaired) electrons. The van der Waals surface area contributed by atoms with Crippen molar-refractivity contribution < 1.29 is 14.3 Å². The summed E-state index contributed by atoms with van der Waals surface area (Å²) in [5, 5.41) is 4.95. The third-order valence-corrected chi connectivity index (χ3v) is 4.65. The number of carbonyl (C=O) groups is 1. The second-order valence-corrected chi connectivity index (χ2v) is 6.99. The van der Waals surface area contributed by atoms with E-state index in [0.29, 0.717) is 27.8 Å². The number of halogens is 2. The van der Waals surface area contributed by atoms with Gasteiger partial charge in [-0.25, -0.2) is 0 Å². The zero-order valence-corrected chi connectivity index (χ0v) is 14.4. The van der Waals surface area contributed by atoms with Crippen molar-refractivity contribution >= 4 is 57.1 Å². The lowest BCUT2D eigenvalue weighted by Crippen LogP contribution is -2.11. The van der Waals surface area contributed by atoms with Gasteiger partial charge in [-0.3, -0.25) is 4.79 Å². The fraction of sp³-hybridized carbons (Fsp3) is 0.154. The molecule has 1 amide bonds. The molecule has 0 bridgehead atoms. The maximum Gasteiger partial charge on any atom is 0.256 e. The smallest absolute Gasteiger partial charge is 0.256 e. The Labute approximate surface area is 139 Å². The van der Waals surface area contributed by atoms with Crippen LogP contribution in [0, 0.1) is 2.88 Å². The van der Waals surface area contributed by atoms with Crippen LogP contribution in [0.25, 0.3) is 0 Å². The summed E-state index contributed by atoms with van der Waals surface area (Å²) in [6.45, 7) is 0. The highest BCUT2D eigenvalue weighted by Crippen LogP contribution is 2.36. The van der Waals surface area contributed by atoms with E-state index in [1.165, 1.54) is 25.6 Å². The first kappa shape index (κ1) is 15.4. The fourth-order valence-electron chi connectivity index (χ4n) is 1.57. The molecule has 0 atom stereocenters. The number of nitrogens with one attached hydrogen (secondary N) is 1. The second-order valence-electron chi connectivity index (χ2n) is 3.78. The molecule has 2 rings (SSSR count). The minimum Gasteiger partial charge on any atom is -0.493 e. The van der Waals surface area contributed by atoms with Crippen LogP contribution in [0.1, 0.15) is 10.4 Å². The van der Waals surface area contributed by atoms with Crippen molar-refractivity contribution in [2.75, 3.05) is 19.5 Å². The summed E-state index contributed by atoms with van der Waals surface area (Å²) < 4.78 is 11.4. The van der Waals surface area contributed by atoms with Crippen molar-refractivity contribution in [3.63, 3.8) is 0 Å². The molecule has 0 saturated heterocycles. The highest BCUT2D eigenvalue weighted by atomic mass is 127. The molecule has 1 N–H and O–H groups in total. The van der Waals surface area contributed by atoms with Crippen molar-refractivity contribution in [1.29, 1.82) is 0 Å². The average molecular weight is 424 g/mol. The van der Waals surface area contributed by atoms with E-state index >= 15 is 0 Å². The van der Waals surface area contributed by atoms with Crippen molar-refractivity contribution in [2.45, 2.75) is 0 Å². The number of amides is 1. The monoisotopic (exact) mass is 423 g/mol. The minimum absolute atomic E-state index is 0.210. The zero-order valence-electron chi connectivity index (χ0n) is 10.7. The van der Waals surface area contributed by atoms with Gasteiger partial charge in [0.2, 0.25) is 0 Å². The van der Waals surface area contributed by atoms with Crippen LogP contribution in [0.3, 0.4) is 0 Å². The minimum atomic E-state index is -0.210. The molecule has 2 aromatic rings. The lowest BCUT2D eigenvalue weighted by Gasteiger charge is -2.12. The van der Waals surface area contributed by atoms with Crippen LogP contribution in [0.4, 0.5) is 5.69 Å². The van der Waals surface area contributed by atoms with E-state index in [4.69, 9.17) is 21.1 Å². The third-order valence-electron chi connectivity index (χ3n) is 2.55. The van der Waals surface area contributed by atoms with Gasteiger partial charge < -0.3 is 14.8 Å². The first-order valence-corrected chi connectivity index (χ1v) is 7.85. The molecule has 0 aliphatic carbocycles. The van der Waals surface area contributed by atoms with E-state index in [1.807, 2.05) is 6.07 Å². The van der Waals surface area contributed by atoms with Gasteiger partial charge in [0.1, 0.15) is 0 Å². The van der Waals surface area contributed by atoms with Crippen molar-refractivity contribution in [3.05, 3.63) is 37.0 Å². The Bertz CT molecular complexity index is 645. The van der Waals surface area contributed by atoms with E-state index in [1.54, 1.807) is 17.5 Å². The van der Waals surface area contributed by atoms with Crippen LogP contribution >= 0.6 is 45.5 Å². The first-order valence-electron chi connectivity index (χ1n) is 5.52. The molecule has 1 aromatic heterocycles. The zero-order chi connectivity index (χ0) is 14.7. The van der Waals surface area contributed by atoms with Crippen molar-refractivity contribution in [1.82, 2.24) is 0 Å². The van der Waals surface area contributed by atoms with Gasteiger partial charge in [0, 0.05) is 17.5 Å². The molecule has 106 valence electrons. The van der Waals surface area contributed by atoms with Gasteiger partial charge in [0.05, 0.1) is 33.4 Å². The average Bonchev–Trinajstić information content (AvgIpc) is 2.87. The maximum atomic E-state index is 12.1. The Kier molecular flexibility index (Phi) is 5.11. The van der Waals surface area contributed by atoms with Crippen LogP contribution in [0.5, 0.6) is 11.5 Å². The molecule has 0 spiro atoms. The topological polar surface area (TPSA) is 47.6 Å². The summed E-state index contributed by atoms with van der Waals surface area (Å²) in [6, 6.07) is 5.05. The van der Waals surface area contributed by atoms with Gasteiger partial charge in [0.15, 0.2) is 11.5 Å². The lowest BCUT2D eigenvalue weighted by molar-refractivity contribution is 0.102. The SMILES string of the molecule is COc1cc(Cl)c(NC(=O)c2csc(I)c2)cc1OC. The molecule has 7 heteroatoms. The maximum absolute atomic E-state index is 12.1. The highest BCUT2D eigenvalue weighted by Gasteiger charge is 2.14. The number of hydrogen-bond donors (Lipinski definition) is 1. The number of thiophene rings is 1. The number of anilines is 1. The third kappa shape index (κ3) is 3.36. The van der Waals surface area contributed by atoms with Gasteiger partial charge in [-0.15, -0.1) is 11.3 Å². The molecule has 0 aliphatic rings. The number of benzene rings is 1. The van der Waals surface area contributed by atoms with Gasteiger partial charge in [0.25, 0.3) is 5.91 Å². The van der Waals surface area contributed by atoms with Gasteiger partial charge in [-0.2, -0.15) is 0 Å². The number of carbonyl (C=O) groups excluding carboxylic acids is 1. The molecule has 20 heavy (non-hydrogen) atoms. The van der Waals surface area contributed by atoms with Crippen LogP contribution in [-0.4, -0.2) is 20.1 Å². The lowest BCUT2D eigenvalue weighted by atomic mass is 10.2. The Morgan fingerprint density at radius 3 is 2.45 bits per heavy atom. The van der Waals surface area contributed by atoms with Crippen molar-refractivity contribution in [2.24, 2.45) is 0 Å². The summed E-state index contributed by atoms with van der Waals surface area (Å²) in [5.74, 6) is 0.811. The number of hydrogen-bond acceptors (Lipinski definition) is 4. The summed E-state index contributed by atoms with van der Waals surface area (Å²) in [6.07, 6.45) is 0. The molecule has 0 saturated carbocycles. The first-order chi connectivity index (χ1) is 9.55. The summed E-state index contributed by atoms with van der Waals surface area (Å²) in [4.78, 5) is 12.1. The Morgan fingerprint density at radius 2 is 1.90 bits per heavy atom. The van der Waals surface area contributed by atoms with Gasteiger partial charge in [-0.1, -0.05) is 11.6 Å². The molecule has 0 aliphatic heterocycles. The number of methoxy groups -OCH3 is 2. The molecule has 0 fully saturated rings. The largest absolute Gasteiger partial charge is 0.493 e. The molecule has 1 heterocycles. The predicted octanol–water partition coefficient (Wildman–Crippen LogP) is 4.28. The van der Waals surface area contributed by atoms with Crippen LogP contribution in [0.2, 0.25) is 5.02 Å². The highest BCUT2D eigenvalue weighted by molar-refractivity contribution is 14.1. The van der Waals surface area contributed by atoms with Crippen LogP contribution in [0.15, 0.2) is 23.6 Å². The van der Waals surface area contributed by atoms with E-state index in [-0.39, 0.29) is 5.91 Å². The number of ether oxygens (including phenoxy) is 2. The van der Waals surface area contributed by atoms with E-state index in [0.717, 1.165) is 2.88 Å². The second kappa shape index (κ2) is 6.64. The van der Waals surface area contributed by atoms with E-state index < -0.39 is 0 Å². The van der Waals surface area contributed by atoms with E-state index in [2.05, 4.69) is 27.9 Å². The summed E-state index contributed by atoms with van der Waals surface area (Å²) >= 11 is 9.80. The molecular weight excluding hydrogens is 413 g/mol. The molecule has 1 aromatic carbocycles. The predicted molar refractivity (Wildman–Crippen MR) is 89.5 cm³/mol. The Hall–Kier alpha value is -0.990. The fourth-order valence-corrected chi connectivity index (χ4v) is 3.10. The van der Waals surface area contributed by atoms with Gasteiger partial charge >= 0.3 is 0 Å². The molecule has 0 unspecified atom stereocenters. The van der Waals surface area contributed by atoms with Crippen LogP contribution in [-0.2, 0) is 0 Å². The Balaban J connectivity index is 2.27. The summed E-state index contributed by atoms with van der Waals surface area (Å²) in [5.41, 5.74) is 1.08. The van der Waals surface area contributed by atoms with Crippen LogP contribution < -0.4 is 14.8 Å². The molecular formula is C13H11ClINO3S. The normalized spacial score (nSPS) is 10.2. The summed E-state index contributed by atoms with van der Waals surface area (Å²) in [7, 11) is 3.05. The number of rotatable bonds is 4. The van der Waals surface area contributed by atoms with E-state index in [9.17, 15) is 4.79 Å². The standard InChI is InChI=1S/C13H11ClINO3S/c1-18-10-4-8(14)9(5-11(10)19-2)16-13(17)7-3-12(15)20-6-7/h3-6H,1-2H3,(H,16,17). The quantitative estimate of drug-likeness (QED) is 0.747. The van der Waals surface area contributed by atoms with Crippen molar-refractivity contribution in [3.8, 4) is 11.5 Å².